The van der Waals surface area contributed by atoms with Gasteiger partial charge in [-0.05, 0) is 43.4 Å². The van der Waals surface area contributed by atoms with Gasteiger partial charge in [-0.1, -0.05) is 0 Å². The van der Waals surface area contributed by atoms with Crippen molar-refractivity contribution in [3.05, 3.63) is 45.4 Å². The molecule has 1 N–H and O–H groups in total. The first-order chi connectivity index (χ1) is 7.84. The fourth-order valence-electron chi connectivity index (χ4n) is 2.21. The van der Waals surface area contributed by atoms with Crippen LogP contribution in [0.5, 0.6) is 0 Å². The monoisotopic (exact) mass is 231 g/mol. The summed E-state index contributed by atoms with van der Waals surface area (Å²) in [6, 6.07) is 3.93. The number of rotatable bonds is 2. The van der Waals surface area contributed by atoms with E-state index in [-0.39, 0.29) is 5.78 Å². The third kappa shape index (κ3) is 1.61. The maximum Gasteiger partial charge on any atom is 0.204 e. The normalized spacial score (nSPS) is 14.8. The minimum atomic E-state index is 0.153. The Morgan fingerprint density at radius 3 is 2.94 bits per heavy atom. The second-order valence-electron chi connectivity index (χ2n) is 4.19. The van der Waals surface area contributed by atoms with Gasteiger partial charge in [0.15, 0.2) is 0 Å². The van der Waals surface area contributed by atoms with E-state index in [0.717, 1.165) is 23.3 Å². The molecule has 0 unspecified atom stereocenters. The van der Waals surface area contributed by atoms with Gasteiger partial charge in [0.1, 0.15) is 0 Å². The standard InChI is InChI=1S/C13H13NOS/c15-13(10-5-6-14-8-10)12-7-9-3-1-2-4-11(9)16-12/h5-8,14H,1-4H2. The van der Waals surface area contributed by atoms with Gasteiger partial charge in [0.05, 0.1) is 4.88 Å². The van der Waals surface area contributed by atoms with Crippen molar-refractivity contribution in [1.29, 1.82) is 0 Å². The average molecular weight is 231 g/mol. The number of aromatic nitrogens is 1. The molecule has 0 bridgehead atoms. The molecule has 0 saturated carbocycles. The Hall–Kier alpha value is -1.35. The summed E-state index contributed by atoms with van der Waals surface area (Å²) in [4.78, 5) is 17.4. The fraction of sp³-hybridized carbons (Fsp3) is 0.308. The van der Waals surface area contributed by atoms with Crippen molar-refractivity contribution in [1.82, 2.24) is 4.98 Å². The quantitative estimate of drug-likeness (QED) is 0.791. The molecule has 16 heavy (non-hydrogen) atoms. The Morgan fingerprint density at radius 1 is 1.31 bits per heavy atom. The molecule has 0 fully saturated rings. The number of carbonyl (C=O) groups excluding carboxylic acids is 1. The molecule has 0 atom stereocenters. The van der Waals surface area contributed by atoms with Crippen LogP contribution in [0.25, 0.3) is 0 Å². The Balaban J connectivity index is 1.95. The van der Waals surface area contributed by atoms with Gasteiger partial charge < -0.3 is 4.98 Å². The van der Waals surface area contributed by atoms with Crippen molar-refractivity contribution in [2.24, 2.45) is 0 Å². The topological polar surface area (TPSA) is 32.9 Å². The summed E-state index contributed by atoms with van der Waals surface area (Å²) >= 11 is 1.68. The predicted molar refractivity (Wildman–Crippen MR) is 65.2 cm³/mol. The number of nitrogens with one attached hydrogen (secondary N) is 1. The van der Waals surface area contributed by atoms with E-state index >= 15 is 0 Å². The summed E-state index contributed by atoms with van der Waals surface area (Å²) in [5.74, 6) is 0.153. The van der Waals surface area contributed by atoms with Crippen molar-refractivity contribution >= 4 is 17.1 Å². The number of hydrogen-bond acceptors (Lipinski definition) is 2. The third-order valence-corrected chi connectivity index (χ3v) is 4.32. The molecule has 3 rings (SSSR count). The predicted octanol–water partition coefficient (Wildman–Crippen LogP) is 3.19. The number of aryl methyl sites for hydroxylation is 2. The Morgan fingerprint density at radius 2 is 2.19 bits per heavy atom. The zero-order valence-corrected chi connectivity index (χ0v) is 9.77. The van der Waals surface area contributed by atoms with E-state index in [0.29, 0.717) is 0 Å². The van der Waals surface area contributed by atoms with Gasteiger partial charge in [0.2, 0.25) is 5.78 Å². The van der Waals surface area contributed by atoms with E-state index in [1.54, 1.807) is 23.7 Å². The number of hydrogen-bond donors (Lipinski definition) is 1. The first-order valence-electron chi connectivity index (χ1n) is 5.63. The van der Waals surface area contributed by atoms with Gasteiger partial charge in [0.25, 0.3) is 0 Å². The molecule has 82 valence electrons. The summed E-state index contributed by atoms with van der Waals surface area (Å²) in [5.41, 5.74) is 2.16. The van der Waals surface area contributed by atoms with Crippen molar-refractivity contribution in [3.63, 3.8) is 0 Å². The molecule has 0 aromatic carbocycles. The molecule has 0 amide bonds. The molecule has 2 aromatic heterocycles. The molecular formula is C13H13NOS. The smallest absolute Gasteiger partial charge is 0.204 e. The Kier molecular flexibility index (Phi) is 2.40. The Labute approximate surface area is 98.3 Å². The lowest BCUT2D eigenvalue weighted by molar-refractivity contribution is 0.104. The van der Waals surface area contributed by atoms with Crippen LogP contribution in [-0.2, 0) is 12.8 Å². The zero-order chi connectivity index (χ0) is 11.0. The number of aromatic amines is 1. The van der Waals surface area contributed by atoms with Crippen LogP contribution in [0.4, 0.5) is 0 Å². The molecule has 2 nitrogen and oxygen atoms in total. The highest BCUT2D eigenvalue weighted by Gasteiger charge is 2.18. The molecule has 1 aliphatic carbocycles. The first-order valence-corrected chi connectivity index (χ1v) is 6.45. The lowest BCUT2D eigenvalue weighted by atomic mass is 9.99. The Bertz CT molecular complexity index is 487. The van der Waals surface area contributed by atoms with E-state index in [1.807, 2.05) is 6.07 Å². The van der Waals surface area contributed by atoms with Crippen LogP contribution >= 0.6 is 11.3 Å². The zero-order valence-electron chi connectivity index (χ0n) is 8.95. The minimum absolute atomic E-state index is 0.153. The fourth-order valence-corrected chi connectivity index (χ4v) is 3.43. The SMILES string of the molecule is O=C(c1cc[nH]c1)c1cc2c(s1)CCCC2. The summed E-state index contributed by atoms with van der Waals surface area (Å²) in [6.07, 6.45) is 8.39. The van der Waals surface area contributed by atoms with Crippen molar-refractivity contribution in [2.45, 2.75) is 25.7 Å². The van der Waals surface area contributed by atoms with Gasteiger partial charge in [-0.3, -0.25) is 4.79 Å². The highest BCUT2D eigenvalue weighted by atomic mass is 32.1. The molecule has 0 spiro atoms. The molecule has 1 aliphatic rings. The number of ketones is 1. The van der Waals surface area contributed by atoms with E-state index in [4.69, 9.17) is 0 Å². The molecule has 3 heteroatoms. The maximum atomic E-state index is 12.1. The van der Waals surface area contributed by atoms with Crippen LogP contribution in [0.2, 0.25) is 0 Å². The van der Waals surface area contributed by atoms with Gasteiger partial charge in [-0.2, -0.15) is 0 Å². The third-order valence-electron chi connectivity index (χ3n) is 3.08. The molecule has 2 heterocycles. The van der Waals surface area contributed by atoms with E-state index in [9.17, 15) is 4.79 Å². The average Bonchev–Trinajstić information content (AvgIpc) is 2.97. The number of fused-ring (bicyclic) bond motifs is 1. The number of carbonyl (C=O) groups is 1. The van der Waals surface area contributed by atoms with E-state index in [2.05, 4.69) is 11.1 Å². The highest BCUT2D eigenvalue weighted by Crippen LogP contribution is 2.30. The van der Waals surface area contributed by atoms with E-state index in [1.165, 1.54) is 23.3 Å². The second-order valence-corrected chi connectivity index (χ2v) is 5.33. The largest absolute Gasteiger partial charge is 0.367 e. The summed E-state index contributed by atoms with van der Waals surface area (Å²) in [5, 5.41) is 0. The van der Waals surface area contributed by atoms with Gasteiger partial charge in [-0.25, -0.2) is 0 Å². The van der Waals surface area contributed by atoms with Crippen LogP contribution in [0.1, 0.15) is 38.5 Å². The van der Waals surface area contributed by atoms with Crippen LogP contribution in [0.15, 0.2) is 24.5 Å². The van der Waals surface area contributed by atoms with Crippen LogP contribution in [0.3, 0.4) is 0 Å². The molecule has 0 aliphatic heterocycles. The number of H-pyrrole nitrogens is 1. The van der Waals surface area contributed by atoms with Crippen molar-refractivity contribution in [2.75, 3.05) is 0 Å². The van der Waals surface area contributed by atoms with Crippen LogP contribution in [0, 0.1) is 0 Å². The summed E-state index contributed by atoms with van der Waals surface area (Å²) < 4.78 is 0. The molecule has 0 radical (unpaired) electrons. The van der Waals surface area contributed by atoms with E-state index < -0.39 is 0 Å². The second kappa shape index (κ2) is 3.91. The molecule has 2 aromatic rings. The molecule has 0 saturated heterocycles. The maximum absolute atomic E-state index is 12.1. The summed E-state index contributed by atoms with van der Waals surface area (Å²) in [7, 11) is 0. The number of thiophene rings is 1. The van der Waals surface area contributed by atoms with Crippen molar-refractivity contribution < 1.29 is 4.79 Å². The lowest BCUT2D eigenvalue weighted by Gasteiger charge is -2.08. The molecular weight excluding hydrogens is 218 g/mol. The highest BCUT2D eigenvalue weighted by molar-refractivity contribution is 7.14. The van der Waals surface area contributed by atoms with Gasteiger partial charge >= 0.3 is 0 Å². The minimum Gasteiger partial charge on any atom is -0.367 e. The van der Waals surface area contributed by atoms with Crippen molar-refractivity contribution in [3.8, 4) is 0 Å². The van der Waals surface area contributed by atoms with Gasteiger partial charge in [0, 0.05) is 22.8 Å². The summed E-state index contributed by atoms with van der Waals surface area (Å²) in [6.45, 7) is 0. The lowest BCUT2D eigenvalue weighted by Crippen LogP contribution is -1.97. The van der Waals surface area contributed by atoms with Crippen LogP contribution in [-0.4, -0.2) is 10.8 Å². The van der Waals surface area contributed by atoms with Crippen LogP contribution < -0.4 is 0 Å². The van der Waals surface area contributed by atoms with Gasteiger partial charge in [-0.15, -0.1) is 11.3 Å². The first kappa shape index (κ1) is 9.85.